The van der Waals surface area contributed by atoms with Gasteiger partial charge in [-0.2, -0.15) is 0 Å². The van der Waals surface area contributed by atoms with E-state index in [4.69, 9.17) is 9.47 Å². The highest BCUT2D eigenvalue weighted by Crippen LogP contribution is 2.47. The van der Waals surface area contributed by atoms with Crippen molar-refractivity contribution in [2.45, 2.75) is 25.4 Å². The number of ether oxygens (including phenoxy) is 2. The molecule has 0 bridgehead atoms. The molecule has 2 aromatic carbocycles. The first-order valence-electron chi connectivity index (χ1n) is 8.24. The van der Waals surface area contributed by atoms with E-state index in [1.54, 1.807) is 14.2 Å². The summed E-state index contributed by atoms with van der Waals surface area (Å²) >= 11 is 3.63. The van der Waals surface area contributed by atoms with Crippen LogP contribution < -0.4 is 9.47 Å². The molecule has 0 radical (unpaired) electrons. The molecule has 0 aromatic heterocycles. The predicted molar refractivity (Wildman–Crippen MR) is 97.6 cm³/mol. The van der Waals surface area contributed by atoms with Crippen molar-refractivity contribution in [2.75, 3.05) is 20.8 Å². The molecule has 1 atom stereocenters. The van der Waals surface area contributed by atoms with Crippen molar-refractivity contribution in [3.63, 3.8) is 0 Å². The maximum Gasteiger partial charge on any atom is 0.162 e. The van der Waals surface area contributed by atoms with E-state index in [2.05, 4.69) is 20.8 Å². The van der Waals surface area contributed by atoms with Crippen LogP contribution in [-0.2, 0) is 19.4 Å². The van der Waals surface area contributed by atoms with E-state index < -0.39 is 0 Å². The summed E-state index contributed by atoms with van der Waals surface area (Å²) in [6.45, 7) is 1.56. The second-order valence-electron chi connectivity index (χ2n) is 6.53. The van der Waals surface area contributed by atoms with Crippen LogP contribution in [0, 0.1) is 0 Å². The van der Waals surface area contributed by atoms with E-state index in [-0.39, 0.29) is 17.5 Å². The summed E-state index contributed by atoms with van der Waals surface area (Å²) in [5, 5.41) is 20.6. The Morgan fingerprint density at radius 3 is 2.56 bits per heavy atom. The molecular formula is C19H20BrNO4. The number of hydrogen-bond acceptors (Lipinski definition) is 5. The molecular weight excluding hydrogens is 386 g/mol. The van der Waals surface area contributed by atoms with Crippen LogP contribution in [0.15, 0.2) is 22.7 Å². The third kappa shape index (κ3) is 2.55. The Hall–Kier alpha value is -1.92. The van der Waals surface area contributed by atoms with Gasteiger partial charge in [0.15, 0.2) is 23.0 Å². The number of fused-ring (bicyclic) bond motifs is 4. The van der Waals surface area contributed by atoms with Gasteiger partial charge in [0.1, 0.15) is 0 Å². The van der Waals surface area contributed by atoms with Gasteiger partial charge in [-0.25, -0.2) is 0 Å². The zero-order chi connectivity index (χ0) is 17.7. The normalized spacial score (nSPS) is 18.9. The monoisotopic (exact) mass is 405 g/mol. The van der Waals surface area contributed by atoms with Gasteiger partial charge in [0.2, 0.25) is 0 Å². The van der Waals surface area contributed by atoms with Gasteiger partial charge >= 0.3 is 0 Å². The predicted octanol–water partition coefficient (Wildman–Crippen LogP) is 3.53. The number of benzene rings is 2. The smallest absolute Gasteiger partial charge is 0.162 e. The number of aromatic hydroxyl groups is 2. The van der Waals surface area contributed by atoms with Crippen molar-refractivity contribution in [1.82, 2.24) is 4.90 Å². The molecule has 0 saturated carbocycles. The summed E-state index contributed by atoms with van der Waals surface area (Å²) in [5.41, 5.74) is 4.39. The fourth-order valence-corrected chi connectivity index (χ4v) is 4.62. The number of hydrogen-bond donors (Lipinski definition) is 2. The molecule has 0 amide bonds. The van der Waals surface area contributed by atoms with Gasteiger partial charge in [0.25, 0.3) is 0 Å². The van der Waals surface area contributed by atoms with E-state index in [9.17, 15) is 10.2 Å². The van der Waals surface area contributed by atoms with Crippen molar-refractivity contribution in [3.05, 3.63) is 44.9 Å². The number of rotatable bonds is 2. The van der Waals surface area contributed by atoms with Crippen molar-refractivity contribution in [1.29, 1.82) is 0 Å². The maximum atomic E-state index is 10.5. The first kappa shape index (κ1) is 16.5. The third-order valence-electron chi connectivity index (χ3n) is 5.32. The molecule has 5 nitrogen and oxygen atoms in total. The lowest BCUT2D eigenvalue weighted by molar-refractivity contribution is 0.157. The molecule has 2 aromatic rings. The average molecular weight is 406 g/mol. The Morgan fingerprint density at radius 2 is 1.84 bits per heavy atom. The molecule has 25 heavy (non-hydrogen) atoms. The van der Waals surface area contributed by atoms with Gasteiger partial charge in [-0.15, -0.1) is 0 Å². The second kappa shape index (κ2) is 6.11. The van der Waals surface area contributed by atoms with Crippen LogP contribution in [0.3, 0.4) is 0 Å². The fraction of sp³-hybridized carbons (Fsp3) is 0.368. The van der Waals surface area contributed by atoms with Gasteiger partial charge in [-0.05, 0) is 47.7 Å². The number of phenols is 2. The number of phenolic OH excluding ortho intramolecular Hbond substituents is 2. The minimum absolute atomic E-state index is 0.189. The Kier molecular flexibility index (Phi) is 4.04. The van der Waals surface area contributed by atoms with E-state index in [1.165, 1.54) is 5.56 Å². The molecule has 2 aliphatic rings. The van der Waals surface area contributed by atoms with Gasteiger partial charge in [-0.1, -0.05) is 15.9 Å². The summed E-state index contributed by atoms with van der Waals surface area (Å²) in [6.07, 6.45) is 1.65. The quantitative estimate of drug-likeness (QED) is 0.799. The molecule has 0 spiro atoms. The Labute approximate surface area is 154 Å². The lowest BCUT2D eigenvalue weighted by Crippen LogP contribution is -2.39. The number of halogens is 1. The number of methoxy groups -OCH3 is 2. The lowest BCUT2D eigenvalue weighted by Gasteiger charge is -2.42. The lowest BCUT2D eigenvalue weighted by atomic mass is 9.83. The van der Waals surface area contributed by atoms with E-state index in [0.717, 1.165) is 40.5 Å². The highest BCUT2D eigenvalue weighted by molar-refractivity contribution is 9.10. The van der Waals surface area contributed by atoms with Crippen LogP contribution >= 0.6 is 15.9 Å². The standard InChI is InChI=1S/C19H20BrNO4/c1-24-17-7-11-10(5-16(17)22)3-4-21-9-13-12(6-15(11)21)14(20)8-18(25-2)19(13)23/h5,7-8,15,22-23H,3-4,6,9H2,1-2H3. The highest BCUT2D eigenvalue weighted by atomic mass is 79.9. The van der Waals surface area contributed by atoms with Crippen LogP contribution in [0.4, 0.5) is 0 Å². The molecule has 4 rings (SSSR count). The molecule has 6 heteroatoms. The van der Waals surface area contributed by atoms with Crippen molar-refractivity contribution >= 4 is 15.9 Å². The minimum Gasteiger partial charge on any atom is -0.504 e. The third-order valence-corrected chi connectivity index (χ3v) is 6.02. The van der Waals surface area contributed by atoms with Crippen LogP contribution in [0.25, 0.3) is 0 Å². The summed E-state index contributed by atoms with van der Waals surface area (Å²) in [7, 11) is 3.13. The van der Waals surface area contributed by atoms with Crippen LogP contribution in [-0.4, -0.2) is 35.9 Å². The fourth-order valence-electron chi connectivity index (χ4n) is 4.01. The molecule has 132 valence electrons. The molecule has 0 fully saturated rings. The average Bonchev–Trinajstić information content (AvgIpc) is 2.62. The molecule has 2 aliphatic heterocycles. The van der Waals surface area contributed by atoms with E-state index in [0.29, 0.717) is 18.0 Å². The topological polar surface area (TPSA) is 62.2 Å². The van der Waals surface area contributed by atoms with Crippen molar-refractivity contribution in [2.24, 2.45) is 0 Å². The van der Waals surface area contributed by atoms with Gasteiger partial charge in [-0.3, -0.25) is 4.90 Å². The van der Waals surface area contributed by atoms with Gasteiger partial charge < -0.3 is 19.7 Å². The Balaban J connectivity index is 1.81. The zero-order valence-electron chi connectivity index (χ0n) is 14.2. The molecule has 2 heterocycles. The summed E-state index contributed by atoms with van der Waals surface area (Å²) in [4.78, 5) is 2.37. The van der Waals surface area contributed by atoms with Crippen molar-refractivity contribution in [3.8, 4) is 23.0 Å². The maximum absolute atomic E-state index is 10.5. The number of nitrogens with zero attached hydrogens (tertiary/aromatic N) is 1. The second-order valence-corrected chi connectivity index (χ2v) is 7.38. The summed E-state index contributed by atoms with van der Waals surface area (Å²) in [5.74, 6) is 1.42. The van der Waals surface area contributed by atoms with Gasteiger partial charge in [0, 0.05) is 29.2 Å². The van der Waals surface area contributed by atoms with E-state index in [1.807, 2.05) is 18.2 Å². The molecule has 1 unspecified atom stereocenters. The Morgan fingerprint density at radius 1 is 1.08 bits per heavy atom. The van der Waals surface area contributed by atoms with Crippen molar-refractivity contribution < 1.29 is 19.7 Å². The highest BCUT2D eigenvalue weighted by Gasteiger charge is 2.35. The van der Waals surface area contributed by atoms with Crippen LogP contribution in [0.1, 0.15) is 28.3 Å². The van der Waals surface area contributed by atoms with Crippen LogP contribution in [0.5, 0.6) is 23.0 Å². The molecule has 0 saturated heterocycles. The summed E-state index contributed by atoms with van der Waals surface area (Å²) in [6, 6.07) is 5.80. The zero-order valence-corrected chi connectivity index (χ0v) is 15.8. The SMILES string of the molecule is COc1cc2c(cc1O)CCN1Cc3c(O)c(OC)cc(Br)c3CC21. The minimum atomic E-state index is 0.189. The Bertz CT molecular complexity index is 852. The van der Waals surface area contributed by atoms with Gasteiger partial charge in [0.05, 0.1) is 14.2 Å². The summed E-state index contributed by atoms with van der Waals surface area (Å²) < 4.78 is 11.5. The molecule has 2 N–H and O–H groups in total. The van der Waals surface area contributed by atoms with E-state index >= 15 is 0 Å². The van der Waals surface area contributed by atoms with Crippen LogP contribution in [0.2, 0.25) is 0 Å². The molecule has 0 aliphatic carbocycles. The first-order valence-corrected chi connectivity index (χ1v) is 9.03. The first-order chi connectivity index (χ1) is 12.0. The largest absolute Gasteiger partial charge is 0.504 e.